The number of esters is 1. The van der Waals surface area contributed by atoms with Crippen LogP contribution in [0.3, 0.4) is 0 Å². The average molecular weight is 421 g/mol. The molecule has 2 N–H and O–H groups in total. The molecule has 0 bridgehead atoms. The molecule has 5 nitrogen and oxygen atoms in total. The number of hydrogen-bond acceptors (Lipinski definition) is 4. The second-order valence-electron chi connectivity index (χ2n) is 4.46. The minimum absolute atomic E-state index is 0. The van der Waals surface area contributed by atoms with Gasteiger partial charge in [-0.1, -0.05) is 12.1 Å². The molecule has 0 aromatic heterocycles. The normalized spacial score (nSPS) is 15.3. The molecular formula is C14H20IN3O2S. The van der Waals surface area contributed by atoms with Crippen molar-refractivity contribution in [3.8, 4) is 0 Å². The highest BCUT2D eigenvalue weighted by Crippen LogP contribution is 2.10. The van der Waals surface area contributed by atoms with Gasteiger partial charge >= 0.3 is 5.97 Å². The van der Waals surface area contributed by atoms with Crippen molar-refractivity contribution in [1.29, 1.82) is 0 Å². The Morgan fingerprint density at radius 2 is 1.95 bits per heavy atom. The van der Waals surface area contributed by atoms with E-state index in [1.54, 1.807) is 12.1 Å². The van der Waals surface area contributed by atoms with Gasteiger partial charge in [0.15, 0.2) is 5.96 Å². The number of carbonyl (C=O) groups excluding carboxylic acids is 1. The third kappa shape index (κ3) is 5.39. The van der Waals surface area contributed by atoms with Gasteiger partial charge in [-0.2, -0.15) is 11.8 Å². The van der Waals surface area contributed by atoms with E-state index in [1.165, 1.54) is 7.11 Å². The van der Waals surface area contributed by atoms with E-state index in [2.05, 4.69) is 14.6 Å². The molecule has 1 saturated heterocycles. The summed E-state index contributed by atoms with van der Waals surface area (Å²) in [6, 6.07) is 7.22. The fraction of sp³-hybridized carbons (Fsp3) is 0.429. The first-order valence-corrected chi connectivity index (χ1v) is 7.66. The largest absolute Gasteiger partial charge is 0.465 e. The standard InChI is InChI=1S/C14H19N3O2S.HI/c1-19-13(18)12-4-2-11(3-5-12)10-16-14(15)17-6-8-20-9-7-17;/h2-5H,6-10H2,1H3,(H2,15,16);1H. The Hall–Kier alpha value is -0.960. The lowest BCUT2D eigenvalue weighted by Crippen LogP contribution is -2.42. The third-order valence-corrected chi connectivity index (χ3v) is 4.08. The van der Waals surface area contributed by atoms with Crippen LogP contribution in [-0.2, 0) is 11.3 Å². The number of nitrogens with zero attached hydrogens (tertiary/aromatic N) is 2. The fourth-order valence-electron chi connectivity index (χ4n) is 1.93. The zero-order valence-corrected chi connectivity index (χ0v) is 15.1. The molecule has 0 radical (unpaired) electrons. The molecule has 1 aromatic carbocycles. The Morgan fingerprint density at radius 3 is 2.52 bits per heavy atom. The first-order chi connectivity index (χ1) is 9.70. The Bertz CT molecular complexity index is 487. The number of halogens is 1. The number of carbonyl (C=O) groups is 1. The van der Waals surface area contributed by atoms with E-state index in [4.69, 9.17) is 5.73 Å². The van der Waals surface area contributed by atoms with Crippen LogP contribution in [0.4, 0.5) is 0 Å². The summed E-state index contributed by atoms with van der Waals surface area (Å²) in [5.74, 6) is 2.47. The first-order valence-electron chi connectivity index (χ1n) is 6.50. The number of ether oxygens (including phenoxy) is 1. The average Bonchev–Trinajstić information content (AvgIpc) is 2.53. The van der Waals surface area contributed by atoms with Gasteiger partial charge in [-0.15, -0.1) is 24.0 Å². The van der Waals surface area contributed by atoms with Crippen molar-refractivity contribution in [2.24, 2.45) is 10.7 Å². The van der Waals surface area contributed by atoms with E-state index in [-0.39, 0.29) is 29.9 Å². The monoisotopic (exact) mass is 421 g/mol. The number of thioether (sulfide) groups is 1. The molecule has 0 atom stereocenters. The van der Waals surface area contributed by atoms with Crippen LogP contribution < -0.4 is 5.73 Å². The van der Waals surface area contributed by atoms with Gasteiger partial charge in [-0.05, 0) is 17.7 Å². The van der Waals surface area contributed by atoms with Gasteiger partial charge in [0.2, 0.25) is 0 Å². The number of hydrogen-bond donors (Lipinski definition) is 1. The zero-order chi connectivity index (χ0) is 14.4. The van der Waals surface area contributed by atoms with Gasteiger partial charge in [0.1, 0.15) is 0 Å². The Kier molecular flexibility index (Phi) is 7.87. The number of nitrogens with two attached hydrogens (primary N) is 1. The van der Waals surface area contributed by atoms with Crippen molar-refractivity contribution in [3.05, 3.63) is 35.4 Å². The van der Waals surface area contributed by atoms with E-state index in [0.717, 1.165) is 30.2 Å². The molecule has 7 heteroatoms. The molecule has 1 heterocycles. The van der Waals surface area contributed by atoms with Gasteiger partial charge in [-0.25, -0.2) is 9.79 Å². The summed E-state index contributed by atoms with van der Waals surface area (Å²) in [6.07, 6.45) is 0. The molecule has 0 unspecified atom stereocenters. The van der Waals surface area contributed by atoms with Crippen LogP contribution in [0.15, 0.2) is 29.3 Å². The number of aliphatic imine (C=N–C) groups is 1. The van der Waals surface area contributed by atoms with E-state index in [9.17, 15) is 4.79 Å². The lowest BCUT2D eigenvalue weighted by atomic mass is 10.1. The molecule has 0 spiro atoms. The Labute approximate surface area is 146 Å². The maximum absolute atomic E-state index is 11.3. The molecule has 1 fully saturated rings. The second kappa shape index (κ2) is 9.14. The van der Waals surface area contributed by atoms with Crippen LogP contribution in [0.2, 0.25) is 0 Å². The lowest BCUT2D eigenvalue weighted by molar-refractivity contribution is 0.0600. The maximum Gasteiger partial charge on any atom is 0.337 e. The number of rotatable bonds is 3. The minimum atomic E-state index is -0.328. The van der Waals surface area contributed by atoms with E-state index in [1.807, 2.05) is 23.9 Å². The highest BCUT2D eigenvalue weighted by Gasteiger charge is 2.11. The SMILES string of the molecule is COC(=O)c1ccc(CN=C(N)N2CCSCC2)cc1.I. The van der Waals surface area contributed by atoms with Crippen LogP contribution in [0.25, 0.3) is 0 Å². The molecule has 1 aliphatic heterocycles. The highest BCUT2D eigenvalue weighted by molar-refractivity contribution is 14.0. The van der Waals surface area contributed by atoms with Crippen LogP contribution in [0.1, 0.15) is 15.9 Å². The quantitative estimate of drug-likeness (QED) is 0.350. The molecule has 2 rings (SSSR count). The van der Waals surface area contributed by atoms with Crippen molar-refractivity contribution in [2.75, 3.05) is 31.7 Å². The Balaban J connectivity index is 0.00000220. The summed E-state index contributed by atoms with van der Waals surface area (Å²) >= 11 is 1.94. The number of benzene rings is 1. The zero-order valence-electron chi connectivity index (χ0n) is 11.9. The van der Waals surface area contributed by atoms with Gasteiger partial charge in [0, 0.05) is 24.6 Å². The van der Waals surface area contributed by atoms with Gasteiger partial charge < -0.3 is 15.4 Å². The smallest absolute Gasteiger partial charge is 0.337 e. The summed E-state index contributed by atoms with van der Waals surface area (Å²) in [5, 5.41) is 0. The lowest BCUT2D eigenvalue weighted by Gasteiger charge is -2.27. The van der Waals surface area contributed by atoms with Crippen LogP contribution in [-0.4, -0.2) is 48.5 Å². The number of guanidine groups is 1. The van der Waals surface area contributed by atoms with Gasteiger partial charge in [-0.3, -0.25) is 0 Å². The predicted molar refractivity (Wildman–Crippen MR) is 97.4 cm³/mol. The second-order valence-corrected chi connectivity index (χ2v) is 5.69. The van der Waals surface area contributed by atoms with Crippen molar-refractivity contribution in [1.82, 2.24) is 4.90 Å². The molecular weight excluding hydrogens is 401 g/mol. The summed E-state index contributed by atoms with van der Waals surface area (Å²) in [5.41, 5.74) is 7.55. The molecule has 21 heavy (non-hydrogen) atoms. The molecule has 0 aliphatic carbocycles. The van der Waals surface area contributed by atoms with Gasteiger partial charge in [0.25, 0.3) is 0 Å². The van der Waals surface area contributed by atoms with Gasteiger partial charge in [0.05, 0.1) is 19.2 Å². The molecule has 1 aliphatic rings. The summed E-state index contributed by atoms with van der Waals surface area (Å²) in [6.45, 7) is 2.44. The van der Waals surface area contributed by atoms with Crippen molar-refractivity contribution >= 4 is 47.7 Å². The summed E-state index contributed by atoms with van der Waals surface area (Å²) in [4.78, 5) is 17.8. The molecule has 0 saturated carbocycles. The number of methoxy groups -OCH3 is 1. The summed E-state index contributed by atoms with van der Waals surface area (Å²) in [7, 11) is 1.37. The van der Waals surface area contributed by atoms with Crippen LogP contribution in [0.5, 0.6) is 0 Å². The highest BCUT2D eigenvalue weighted by atomic mass is 127. The minimum Gasteiger partial charge on any atom is -0.465 e. The third-order valence-electron chi connectivity index (χ3n) is 3.13. The van der Waals surface area contributed by atoms with Crippen LogP contribution >= 0.6 is 35.7 Å². The van der Waals surface area contributed by atoms with E-state index < -0.39 is 0 Å². The topological polar surface area (TPSA) is 67.9 Å². The molecule has 0 amide bonds. The van der Waals surface area contributed by atoms with Crippen molar-refractivity contribution in [2.45, 2.75) is 6.54 Å². The first kappa shape index (κ1) is 18.1. The fourth-order valence-corrected chi connectivity index (χ4v) is 2.83. The van der Waals surface area contributed by atoms with E-state index in [0.29, 0.717) is 18.1 Å². The molecule has 116 valence electrons. The van der Waals surface area contributed by atoms with Crippen LogP contribution in [0, 0.1) is 0 Å². The van der Waals surface area contributed by atoms with Crippen molar-refractivity contribution in [3.63, 3.8) is 0 Å². The van der Waals surface area contributed by atoms with Crippen molar-refractivity contribution < 1.29 is 9.53 Å². The molecule has 1 aromatic rings. The Morgan fingerprint density at radius 1 is 1.33 bits per heavy atom. The summed E-state index contributed by atoms with van der Waals surface area (Å²) < 4.78 is 4.66. The maximum atomic E-state index is 11.3. The predicted octanol–water partition coefficient (Wildman–Crippen LogP) is 1.95. The van der Waals surface area contributed by atoms with E-state index >= 15 is 0 Å².